The molecule has 2 aromatic heterocycles. The lowest BCUT2D eigenvalue weighted by atomic mass is 9.71. The number of thiophene rings is 2. The first-order valence-corrected chi connectivity index (χ1v) is 33.0. The van der Waals surface area contributed by atoms with E-state index in [1.165, 1.54) is 46.0 Å². The lowest BCUT2D eigenvalue weighted by Crippen LogP contribution is -2.41. The van der Waals surface area contributed by atoms with Gasteiger partial charge in [-0.25, -0.2) is 9.80 Å². The molecule has 9 heteroatoms. The van der Waals surface area contributed by atoms with Crippen LogP contribution in [0, 0.1) is 41.5 Å². The number of aryl methyl sites for hydroxylation is 4. The molecule has 0 N–H and O–H groups in total. The molecule has 6 nitrogen and oxygen atoms in total. The largest absolute Gasteiger partial charge is 0.268 e. The van der Waals surface area contributed by atoms with Gasteiger partial charge in [0.15, 0.2) is 0 Å². The fourth-order valence-corrected chi connectivity index (χ4v) is 22.0. The second-order valence-corrected chi connectivity index (χ2v) is 30.7. The van der Waals surface area contributed by atoms with Gasteiger partial charge in [-0.3, -0.25) is 19.2 Å². The van der Waals surface area contributed by atoms with Crippen molar-refractivity contribution in [1.29, 1.82) is 0 Å². The highest BCUT2D eigenvalue weighted by Gasteiger charge is 2.44. The SMILES string of the molecule is CCC(C)(CC)c1ccc(C2=C(C)C(C)=C(c3ccc(-c4cc5c6c(ccc7c8c(C(C)(CC)CC)cc9c%10c(ccc(c4c67)c%108)C(=O)N(c4cc(C)c(C)c(C)c4)C9=O)C(=O)N(c4cc(C)c(C)c(C)c4)C5=O)s3)[Si]2(C)C)s1. The quantitative estimate of drug-likeness (QED) is 0.0560. The van der Waals surface area contributed by atoms with Crippen LogP contribution in [-0.2, 0) is 10.8 Å². The third kappa shape index (κ3) is 7.23. The van der Waals surface area contributed by atoms with E-state index in [9.17, 15) is 0 Å². The first kappa shape index (κ1) is 52.9. The van der Waals surface area contributed by atoms with E-state index in [4.69, 9.17) is 0 Å². The van der Waals surface area contributed by atoms with Crippen molar-refractivity contribution in [3.05, 3.63) is 172 Å². The van der Waals surface area contributed by atoms with Crippen molar-refractivity contribution in [1.82, 2.24) is 0 Å². The number of allylic oxidation sites excluding steroid dienone is 2. The number of carbonyl (C=O) groups is 4. The summed E-state index contributed by atoms with van der Waals surface area (Å²) in [5.41, 5.74) is 13.7. The smallest absolute Gasteiger partial charge is 0.266 e. The fraction of sp³-hybridized carbons (Fsp3) is 0.314. The maximum Gasteiger partial charge on any atom is 0.266 e. The third-order valence-electron chi connectivity index (χ3n) is 20.1. The summed E-state index contributed by atoms with van der Waals surface area (Å²) in [6, 6.07) is 29.2. The predicted octanol–water partition coefficient (Wildman–Crippen LogP) is 19.2. The van der Waals surface area contributed by atoms with E-state index in [2.05, 4.69) is 131 Å². The minimum Gasteiger partial charge on any atom is -0.268 e. The van der Waals surface area contributed by atoms with Gasteiger partial charge in [-0.15, -0.1) is 22.7 Å². The highest BCUT2D eigenvalue weighted by molar-refractivity contribution is 7.23. The molecule has 0 unspecified atom stereocenters. The van der Waals surface area contributed by atoms with Gasteiger partial charge in [-0.05, 0) is 252 Å². The molecular weight excluding hydrogens is 1020 g/mol. The molecule has 0 spiro atoms. The van der Waals surface area contributed by atoms with E-state index in [1.807, 2.05) is 75.4 Å². The Bertz CT molecular complexity index is 4270. The minimum absolute atomic E-state index is 0.142. The zero-order chi connectivity index (χ0) is 56.4. The molecule has 0 fully saturated rings. The van der Waals surface area contributed by atoms with E-state index in [-0.39, 0.29) is 29.0 Å². The molecule has 5 heterocycles. The summed E-state index contributed by atoms with van der Waals surface area (Å²) in [5, 5.41) is 9.63. The lowest BCUT2D eigenvalue weighted by Gasteiger charge is -2.35. The van der Waals surface area contributed by atoms with Crippen LogP contribution in [0.15, 0.2) is 96.1 Å². The molecule has 0 saturated heterocycles. The second-order valence-electron chi connectivity index (χ2n) is 24.3. The number of hydrogen-bond acceptors (Lipinski definition) is 6. The fourth-order valence-electron chi connectivity index (χ4n) is 14.0. The molecule has 79 heavy (non-hydrogen) atoms. The number of benzene rings is 7. The molecule has 0 aliphatic carbocycles. The summed E-state index contributed by atoms with van der Waals surface area (Å²) < 4.78 is 0. The molecule has 4 amide bonds. The Labute approximate surface area is 474 Å². The average molecular weight is 1100 g/mol. The zero-order valence-electron chi connectivity index (χ0n) is 48.8. The van der Waals surface area contributed by atoms with Gasteiger partial charge in [-0.1, -0.05) is 66.8 Å². The van der Waals surface area contributed by atoms with Crippen molar-refractivity contribution in [2.75, 3.05) is 9.80 Å². The van der Waals surface area contributed by atoms with Crippen LogP contribution in [0.4, 0.5) is 11.4 Å². The van der Waals surface area contributed by atoms with Gasteiger partial charge in [0, 0.05) is 63.5 Å². The summed E-state index contributed by atoms with van der Waals surface area (Å²) in [6.07, 6.45) is 3.77. The number of anilines is 2. The Morgan fingerprint density at radius 3 is 1.30 bits per heavy atom. The molecule has 3 aliphatic heterocycles. The topological polar surface area (TPSA) is 74.8 Å². The second kappa shape index (κ2) is 18.1. The number of nitrogens with zero attached hydrogens (tertiary/aromatic N) is 2. The minimum atomic E-state index is -2.29. The highest BCUT2D eigenvalue weighted by atomic mass is 32.1. The molecule has 400 valence electrons. The van der Waals surface area contributed by atoms with Crippen molar-refractivity contribution in [2.45, 2.75) is 147 Å². The first-order chi connectivity index (χ1) is 37.5. The average Bonchev–Trinajstić information content (AvgIpc) is 2.63. The van der Waals surface area contributed by atoms with Crippen LogP contribution in [0.2, 0.25) is 13.1 Å². The molecule has 7 aromatic carbocycles. The predicted molar refractivity (Wildman–Crippen MR) is 337 cm³/mol. The molecule has 0 saturated carbocycles. The number of fused-ring (bicyclic) bond motifs is 2. The Morgan fingerprint density at radius 2 is 0.823 bits per heavy atom. The maximum atomic E-state index is 15.7. The Kier molecular flexibility index (Phi) is 12.1. The van der Waals surface area contributed by atoms with Gasteiger partial charge in [0.2, 0.25) is 0 Å². The molecule has 12 rings (SSSR count). The summed E-state index contributed by atoms with van der Waals surface area (Å²) in [7, 11) is -2.29. The van der Waals surface area contributed by atoms with Crippen molar-refractivity contribution >= 4 is 119 Å². The van der Waals surface area contributed by atoms with E-state index in [0.717, 1.165) is 107 Å². The van der Waals surface area contributed by atoms with E-state index >= 15 is 19.2 Å². The third-order valence-corrected chi connectivity index (χ3v) is 26.8. The van der Waals surface area contributed by atoms with Crippen LogP contribution in [0.1, 0.15) is 176 Å². The number of amides is 4. The Balaban J connectivity index is 1.15. The standard InChI is InChI=1S/C70H70N2O4S2Si/c1-17-69(13,18-2)52-34-51-59-48(66(74)72(68(51)76)44-31-37(7)40(10)38(8)32-44)23-21-45-57-49(53-25-26-54(77-53)63-41(11)42(12)64(79(63,15)16)55-27-28-56(78-55)70(14,19-3)20-4)33-50-58-47(24-22-46(61(57)58)60(52)62(45)59)65(73)71(67(50)75)43-29-35(5)39(9)36(6)30-43/h21-34H,17-20H2,1-16H3. The van der Waals surface area contributed by atoms with E-state index < -0.39 is 13.5 Å². The van der Waals surface area contributed by atoms with Gasteiger partial charge in [0.05, 0.1) is 11.4 Å². The van der Waals surface area contributed by atoms with Crippen LogP contribution >= 0.6 is 22.7 Å². The molecule has 0 radical (unpaired) electrons. The molecule has 0 atom stereocenters. The van der Waals surface area contributed by atoms with Crippen LogP contribution in [0.3, 0.4) is 0 Å². The van der Waals surface area contributed by atoms with Gasteiger partial charge in [-0.2, -0.15) is 0 Å². The summed E-state index contributed by atoms with van der Waals surface area (Å²) >= 11 is 3.75. The number of hydrogen-bond donors (Lipinski definition) is 0. The van der Waals surface area contributed by atoms with Crippen molar-refractivity contribution in [2.24, 2.45) is 0 Å². The molecular formula is C70H70N2O4S2Si. The Morgan fingerprint density at radius 1 is 0.418 bits per heavy atom. The van der Waals surface area contributed by atoms with Crippen molar-refractivity contribution in [3.8, 4) is 10.4 Å². The van der Waals surface area contributed by atoms with Gasteiger partial charge >= 0.3 is 0 Å². The van der Waals surface area contributed by atoms with Crippen LogP contribution < -0.4 is 9.80 Å². The number of imide groups is 2. The molecule has 0 bridgehead atoms. The molecule has 9 aromatic rings. The first-order valence-electron chi connectivity index (χ1n) is 28.3. The monoisotopic (exact) mass is 1090 g/mol. The normalized spacial score (nSPS) is 15.8. The van der Waals surface area contributed by atoms with E-state index in [0.29, 0.717) is 44.4 Å². The Hall–Kier alpha value is -6.78. The van der Waals surface area contributed by atoms with Gasteiger partial charge < -0.3 is 0 Å². The summed E-state index contributed by atoms with van der Waals surface area (Å²) in [4.78, 5) is 69.5. The lowest BCUT2D eigenvalue weighted by molar-refractivity contribution is 0.0877. The van der Waals surface area contributed by atoms with Gasteiger partial charge in [0.1, 0.15) is 8.07 Å². The van der Waals surface area contributed by atoms with Crippen molar-refractivity contribution in [3.63, 3.8) is 0 Å². The zero-order valence-corrected chi connectivity index (χ0v) is 51.4. The number of rotatable bonds is 11. The summed E-state index contributed by atoms with van der Waals surface area (Å²) in [6.45, 7) is 35.6. The van der Waals surface area contributed by atoms with Crippen LogP contribution in [0.5, 0.6) is 0 Å². The highest BCUT2D eigenvalue weighted by Crippen LogP contribution is 2.56. The van der Waals surface area contributed by atoms with E-state index in [1.54, 1.807) is 11.3 Å². The number of carbonyl (C=O) groups excluding carboxylic acids is 4. The van der Waals surface area contributed by atoms with Crippen LogP contribution in [-0.4, -0.2) is 31.7 Å². The van der Waals surface area contributed by atoms with Crippen LogP contribution in [0.25, 0.3) is 63.9 Å². The molecule has 3 aliphatic rings. The summed E-state index contributed by atoms with van der Waals surface area (Å²) in [5.74, 6) is -1.40. The van der Waals surface area contributed by atoms with Gasteiger partial charge in [0.25, 0.3) is 23.6 Å². The van der Waals surface area contributed by atoms with Crippen molar-refractivity contribution < 1.29 is 19.2 Å². The maximum absolute atomic E-state index is 15.7.